The second kappa shape index (κ2) is 6.44. The van der Waals surface area contributed by atoms with E-state index in [-0.39, 0.29) is 5.82 Å². The number of hydrogen-bond donors (Lipinski definition) is 0. The van der Waals surface area contributed by atoms with E-state index in [4.69, 9.17) is 4.74 Å². The summed E-state index contributed by atoms with van der Waals surface area (Å²) in [6.45, 7) is 4.71. The quantitative estimate of drug-likeness (QED) is 0.642. The van der Waals surface area contributed by atoms with Crippen molar-refractivity contribution < 1.29 is 9.13 Å². The average molecular weight is 210 g/mol. The van der Waals surface area contributed by atoms with Crippen molar-refractivity contribution in [2.75, 3.05) is 6.61 Å². The lowest BCUT2D eigenvalue weighted by atomic mass is 10.2. The summed E-state index contributed by atoms with van der Waals surface area (Å²) in [5, 5.41) is 0. The van der Waals surface area contributed by atoms with Crippen LogP contribution in [0.15, 0.2) is 18.2 Å². The lowest BCUT2D eigenvalue weighted by molar-refractivity contribution is 0.290. The van der Waals surface area contributed by atoms with Crippen molar-refractivity contribution in [1.29, 1.82) is 0 Å². The molecule has 0 radical (unpaired) electrons. The fourth-order valence-electron chi connectivity index (χ4n) is 1.43. The highest BCUT2D eigenvalue weighted by Gasteiger charge is 2.02. The van der Waals surface area contributed by atoms with E-state index in [0.717, 1.165) is 18.4 Å². The molecule has 0 aromatic heterocycles. The van der Waals surface area contributed by atoms with Crippen molar-refractivity contribution in [2.45, 2.75) is 39.5 Å². The number of aryl methyl sites for hydroxylation is 1. The fraction of sp³-hybridized carbons (Fsp3) is 0.538. The molecule has 1 nitrogen and oxygen atoms in total. The van der Waals surface area contributed by atoms with Gasteiger partial charge in [0.15, 0.2) is 11.6 Å². The van der Waals surface area contributed by atoms with Crippen LogP contribution in [0.3, 0.4) is 0 Å². The fourth-order valence-corrected chi connectivity index (χ4v) is 1.43. The Morgan fingerprint density at radius 1 is 1.20 bits per heavy atom. The van der Waals surface area contributed by atoms with Gasteiger partial charge in [-0.3, -0.25) is 0 Å². The van der Waals surface area contributed by atoms with Crippen LogP contribution in [0.2, 0.25) is 0 Å². The summed E-state index contributed by atoms with van der Waals surface area (Å²) >= 11 is 0. The van der Waals surface area contributed by atoms with Gasteiger partial charge in [0.1, 0.15) is 0 Å². The molecule has 0 saturated heterocycles. The molecule has 1 aromatic carbocycles. The predicted octanol–water partition coefficient (Wildman–Crippen LogP) is 4.09. The van der Waals surface area contributed by atoms with Crippen LogP contribution in [0.25, 0.3) is 0 Å². The summed E-state index contributed by atoms with van der Waals surface area (Å²) < 4.78 is 18.6. The molecule has 84 valence electrons. The number of hydrogen-bond acceptors (Lipinski definition) is 1. The van der Waals surface area contributed by atoms with Gasteiger partial charge in [0.25, 0.3) is 0 Å². The summed E-state index contributed by atoms with van der Waals surface area (Å²) in [6.07, 6.45) is 4.59. The third-order valence-corrected chi connectivity index (χ3v) is 2.34. The standard InChI is InChI=1S/C13H19FO/c1-3-4-5-6-9-15-13-10-11(2)7-8-12(13)14/h7-8,10H,3-6,9H2,1-2H3. The molecule has 0 fully saturated rings. The Kier molecular flexibility index (Phi) is 5.16. The summed E-state index contributed by atoms with van der Waals surface area (Å²) in [6, 6.07) is 4.95. The summed E-state index contributed by atoms with van der Waals surface area (Å²) in [4.78, 5) is 0. The molecule has 0 spiro atoms. The van der Waals surface area contributed by atoms with E-state index >= 15 is 0 Å². The monoisotopic (exact) mass is 210 g/mol. The van der Waals surface area contributed by atoms with Crippen molar-refractivity contribution in [2.24, 2.45) is 0 Å². The minimum Gasteiger partial charge on any atom is -0.491 e. The van der Waals surface area contributed by atoms with E-state index in [1.807, 2.05) is 6.92 Å². The minimum absolute atomic E-state index is 0.268. The van der Waals surface area contributed by atoms with Gasteiger partial charge in [-0.05, 0) is 31.0 Å². The topological polar surface area (TPSA) is 9.23 Å². The third-order valence-electron chi connectivity index (χ3n) is 2.34. The Hall–Kier alpha value is -1.05. The molecule has 0 aliphatic carbocycles. The second-order valence-electron chi connectivity index (χ2n) is 3.84. The zero-order chi connectivity index (χ0) is 11.1. The highest BCUT2D eigenvalue weighted by molar-refractivity contribution is 5.29. The molecular formula is C13H19FO. The Morgan fingerprint density at radius 2 is 2.00 bits per heavy atom. The zero-order valence-corrected chi connectivity index (χ0v) is 9.55. The molecule has 1 rings (SSSR count). The lowest BCUT2D eigenvalue weighted by Gasteiger charge is -2.07. The SMILES string of the molecule is CCCCCCOc1cc(C)ccc1F. The van der Waals surface area contributed by atoms with Crippen LogP contribution in [0.5, 0.6) is 5.75 Å². The number of benzene rings is 1. The van der Waals surface area contributed by atoms with Crippen LogP contribution in [-0.4, -0.2) is 6.61 Å². The van der Waals surface area contributed by atoms with Crippen LogP contribution in [-0.2, 0) is 0 Å². The van der Waals surface area contributed by atoms with Gasteiger partial charge in [0.2, 0.25) is 0 Å². The normalized spacial score (nSPS) is 10.3. The molecule has 0 unspecified atom stereocenters. The maximum Gasteiger partial charge on any atom is 0.165 e. The van der Waals surface area contributed by atoms with E-state index in [0.29, 0.717) is 12.4 Å². The molecule has 15 heavy (non-hydrogen) atoms. The number of halogens is 1. The van der Waals surface area contributed by atoms with Gasteiger partial charge in [-0.1, -0.05) is 32.3 Å². The molecule has 0 atom stereocenters. The molecule has 0 aliphatic heterocycles. The van der Waals surface area contributed by atoms with Gasteiger partial charge >= 0.3 is 0 Å². The summed E-state index contributed by atoms with van der Waals surface area (Å²) in [5.41, 5.74) is 1.03. The summed E-state index contributed by atoms with van der Waals surface area (Å²) in [7, 11) is 0. The number of unbranched alkanes of at least 4 members (excludes halogenated alkanes) is 3. The molecule has 0 N–H and O–H groups in total. The second-order valence-corrected chi connectivity index (χ2v) is 3.84. The maximum absolute atomic E-state index is 13.2. The van der Waals surface area contributed by atoms with Crippen LogP contribution >= 0.6 is 0 Å². The molecular weight excluding hydrogens is 191 g/mol. The Balaban J connectivity index is 2.33. The zero-order valence-electron chi connectivity index (χ0n) is 9.55. The Labute approximate surface area is 91.3 Å². The van der Waals surface area contributed by atoms with Crippen molar-refractivity contribution in [3.05, 3.63) is 29.6 Å². The van der Waals surface area contributed by atoms with Crippen molar-refractivity contribution in [3.63, 3.8) is 0 Å². The van der Waals surface area contributed by atoms with Gasteiger partial charge in [-0.2, -0.15) is 0 Å². The van der Waals surface area contributed by atoms with Gasteiger partial charge in [0, 0.05) is 0 Å². The van der Waals surface area contributed by atoms with Crippen LogP contribution in [0.1, 0.15) is 38.2 Å². The van der Waals surface area contributed by atoms with Gasteiger partial charge in [-0.15, -0.1) is 0 Å². The first-order valence-corrected chi connectivity index (χ1v) is 5.63. The number of ether oxygens (including phenoxy) is 1. The van der Waals surface area contributed by atoms with E-state index in [1.54, 1.807) is 12.1 Å². The highest BCUT2D eigenvalue weighted by atomic mass is 19.1. The van der Waals surface area contributed by atoms with Gasteiger partial charge in [-0.25, -0.2) is 4.39 Å². The van der Waals surface area contributed by atoms with E-state index in [9.17, 15) is 4.39 Å². The first-order chi connectivity index (χ1) is 7.24. The molecule has 2 heteroatoms. The smallest absolute Gasteiger partial charge is 0.165 e. The first kappa shape index (κ1) is 12.0. The van der Waals surface area contributed by atoms with Gasteiger partial charge in [0.05, 0.1) is 6.61 Å². The van der Waals surface area contributed by atoms with Crippen LogP contribution in [0, 0.1) is 12.7 Å². The maximum atomic E-state index is 13.2. The van der Waals surface area contributed by atoms with Crippen LogP contribution < -0.4 is 4.74 Å². The highest BCUT2D eigenvalue weighted by Crippen LogP contribution is 2.18. The molecule has 0 heterocycles. The van der Waals surface area contributed by atoms with Crippen molar-refractivity contribution in [3.8, 4) is 5.75 Å². The van der Waals surface area contributed by atoms with Crippen LogP contribution in [0.4, 0.5) is 4.39 Å². The molecule has 0 bridgehead atoms. The largest absolute Gasteiger partial charge is 0.491 e. The number of rotatable bonds is 6. The van der Waals surface area contributed by atoms with Crippen molar-refractivity contribution in [1.82, 2.24) is 0 Å². The van der Waals surface area contributed by atoms with Gasteiger partial charge < -0.3 is 4.74 Å². The van der Waals surface area contributed by atoms with E-state index in [2.05, 4.69) is 6.92 Å². The van der Waals surface area contributed by atoms with E-state index in [1.165, 1.54) is 18.9 Å². The minimum atomic E-state index is -0.268. The first-order valence-electron chi connectivity index (χ1n) is 5.63. The van der Waals surface area contributed by atoms with Crippen molar-refractivity contribution >= 4 is 0 Å². The van der Waals surface area contributed by atoms with E-state index < -0.39 is 0 Å². The summed E-state index contributed by atoms with van der Waals surface area (Å²) in [5.74, 6) is 0.114. The predicted molar refractivity (Wildman–Crippen MR) is 60.8 cm³/mol. The lowest BCUT2D eigenvalue weighted by Crippen LogP contribution is -1.99. The average Bonchev–Trinajstić information content (AvgIpc) is 2.23. The molecule has 1 aromatic rings. The molecule has 0 aliphatic rings. The Bertz CT molecular complexity index is 297. The molecule has 0 saturated carbocycles. The Morgan fingerprint density at radius 3 is 2.73 bits per heavy atom. The molecule has 0 amide bonds. The third kappa shape index (κ3) is 4.32.